The molecule has 8 nitrogen and oxygen atoms in total. The van der Waals surface area contributed by atoms with Crippen LogP contribution in [0.15, 0.2) is 35.2 Å². The largest absolute Gasteiger partial charge is 0.403 e. The zero-order valence-corrected chi connectivity index (χ0v) is 20.2. The van der Waals surface area contributed by atoms with Gasteiger partial charge in [0.05, 0.1) is 34.6 Å². The summed E-state index contributed by atoms with van der Waals surface area (Å²) in [4.78, 5) is 18.4. The molecule has 2 aliphatic heterocycles. The molecule has 1 aromatic heterocycles. The summed E-state index contributed by atoms with van der Waals surface area (Å²) in [6, 6.07) is 5.13. The molecule has 3 heterocycles. The molecule has 0 radical (unpaired) electrons. The number of piperazine rings is 1. The number of halogens is 2. The molecular formula is C23H29Cl2N7O. The summed E-state index contributed by atoms with van der Waals surface area (Å²) in [6.45, 7) is 6.84. The van der Waals surface area contributed by atoms with E-state index in [9.17, 15) is 0 Å². The molecule has 176 valence electrons. The van der Waals surface area contributed by atoms with Crippen molar-refractivity contribution >= 4 is 50.9 Å². The quantitative estimate of drug-likeness (QED) is 0.598. The Kier molecular flexibility index (Phi) is 6.60. The highest BCUT2D eigenvalue weighted by atomic mass is 35.5. The number of aromatic nitrogens is 2. The molecule has 1 aliphatic carbocycles. The van der Waals surface area contributed by atoms with Gasteiger partial charge >= 0.3 is 0 Å². The molecule has 0 spiro atoms. The number of nitrogens with one attached hydrogen (secondary N) is 1. The fourth-order valence-corrected chi connectivity index (χ4v) is 5.05. The maximum atomic E-state index is 6.70. The van der Waals surface area contributed by atoms with Gasteiger partial charge in [0.25, 0.3) is 0 Å². The molecule has 2 saturated heterocycles. The Balaban J connectivity index is 1.36. The molecular weight excluding hydrogens is 461 g/mol. The van der Waals surface area contributed by atoms with Gasteiger partial charge in [-0.1, -0.05) is 23.2 Å². The molecule has 2 aromatic rings. The Morgan fingerprint density at radius 3 is 2.85 bits per heavy atom. The first-order valence-electron chi connectivity index (χ1n) is 11.5. The van der Waals surface area contributed by atoms with Crippen LogP contribution < -0.4 is 16.0 Å². The van der Waals surface area contributed by atoms with Gasteiger partial charge in [0.1, 0.15) is 5.17 Å². The molecule has 3 fully saturated rings. The van der Waals surface area contributed by atoms with E-state index in [2.05, 4.69) is 32.0 Å². The predicted octanol–water partition coefficient (Wildman–Crippen LogP) is 3.59. The van der Waals surface area contributed by atoms with Crippen LogP contribution in [0.3, 0.4) is 0 Å². The van der Waals surface area contributed by atoms with Gasteiger partial charge in [0, 0.05) is 56.1 Å². The van der Waals surface area contributed by atoms with Crippen LogP contribution in [0.4, 0.5) is 11.6 Å². The maximum Gasteiger partial charge on any atom is 0.227 e. The van der Waals surface area contributed by atoms with Crippen molar-refractivity contribution in [3.05, 3.63) is 35.2 Å². The molecule has 3 aliphatic rings. The number of rotatable bonds is 6. The average Bonchev–Trinajstić information content (AvgIpc) is 3.45. The number of fused-ring (bicyclic) bond motifs is 1. The van der Waals surface area contributed by atoms with E-state index >= 15 is 0 Å². The standard InChI is InChI=1S/C23H29Cl2N7O/c1-14-12-31(17-4-7-33-13-17)5-6-32(14)21-9-19-15(8-18(21)24)11-27-23(29-19)30-20(10-26)22(25)28-16-2-3-16/h8-11,14,16-17H,2-7,12-13,26H2,1H3,(H,27,29,30)/b20-10+,28-22?. The molecule has 1 aromatic carbocycles. The smallest absolute Gasteiger partial charge is 0.227 e. The number of hydrogen-bond acceptors (Lipinski definition) is 8. The van der Waals surface area contributed by atoms with Crippen LogP contribution in [-0.2, 0) is 4.74 Å². The Morgan fingerprint density at radius 1 is 1.30 bits per heavy atom. The van der Waals surface area contributed by atoms with Crippen LogP contribution in [-0.4, -0.2) is 71.0 Å². The molecule has 1 saturated carbocycles. The van der Waals surface area contributed by atoms with Gasteiger partial charge in [-0.3, -0.25) is 9.89 Å². The minimum atomic E-state index is 0.292. The van der Waals surface area contributed by atoms with E-state index in [0.717, 1.165) is 68.7 Å². The van der Waals surface area contributed by atoms with Gasteiger partial charge in [-0.05, 0) is 38.3 Å². The predicted molar refractivity (Wildman–Crippen MR) is 134 cm³/mol. The highest BCUT2D eigenvalue weighted by Gasteiger charge is 2.31. The number of benzene rings is 1. The van der Waals surface area contributed by atoms with Crippen LogP contribution in [0.25, 0.3) is 10.9 Å². The molecule has 0 amide bonds. The summed E-state index contributed by atoms with van der Waals surface area (Å²) < 4.78 is 5.58. The normalized spacial score (nSPS) is 25.1. The van der Waals surface area contributed by atoms with Crippen LogP contribution in [0.2, 0.25) is 5.02 Å². The van der Waals surface area contributed by atoms with Crippen molar-refractivity contribution < 1.29 is 4.74 Å². The Hall–Kier alpha value is -2.13. The third-order valence-electron chi connectivity index (χ3n) is 6.52. The van der Waals surface area contributed by atoms with Gasteiger partial charge in [-0.25, -0.2) is 9.97 Å². The lowest BCUT2D eigenvalue weighted by molar-refractivity contribution is 0.129. The van der Waals surface area contributed by atoms with Crippen LogP contribution in [0, 0.1) is 0 Å². The lowest BCUT2D eigenvalue weighted by Gasteiger charge is -2.43. The first kappa shape index (κ1) is 22.7. The maximum absolute atomic E-state index is 6.70. The van der Waals surface area contributed by atoms with Gasteiger partial charge in [0.15, 0.2) is 0 Å². The molecule has 5 rings (SSSR count). The van der Waals surface area contributed by atoms with E-state index in [0.29, 0.717) is 40.0 Å². The number of nitrogens with zero attached hydrogens (tertiary/aromatic N) is 5. The zero-order valence-electron chi connectivity index (χ0n) is 18.7. The zero-order chi connectivity index (χ0) is 22.9. The summed E-state index contributed by atoms with van der Waals surface area (Å²) >= 11 is 13.0. The number of nitrogens with two attached hydrogens (primary N) is 1. The third-order valence-corrected chi connectivity index (χ3v) is 7.12. The Labute approximate surface area is 203 Å². The van der Waals surface area contributed by atoms with Gasteiger partial charge in [0.2, 0.25) is 5.95 Å². The topological polar surface area (TPSA) is 91.9 Å². The molecule has 3 N–H and O–H groups in total. The molecule has 2 atom stereocenters. The second kappa shape index (κ2) is 9.62. The summed E-state index contributed by atoms with van der Waals surface area (Å²) in [6.07, 6.45) is 6.38. The first-order valence-corrected chi connectivity index (χ1v) is 12.2. The summed E-state index contributed by atoms with van der Waals surface area (Å²) in [5.41, 5.74) is 8.06. The number of hydrogen-bond donors (Lipinski definition) is 2. The van der Waals surface area contributed by atoms with Crippen molar-refractivity contribution in [2.75, 3.05) is 43.1 Å². The van der Waals surface area contributed by atoms with E-state index in [-0.39, 0.29) is 0 Å². The van der Waals surface area contributed by atoms with E-state index < -0.39 is 0 Å². The van der Waals surface area contributed by atoms with Crippen molar-refractivity contribution in [3.8, 4) is 0 Å². The second-order valence-corrected chi connectivity index (χ2v) is 9.73. The minimum Gasteiger partial charge on any atom is -0.403 e. The molecule has 10 heteroatoms. The lowest BCUT2D eigenvalue weighted by atomic mass is 10.1. The second-order valence-electron chi connectivity index (χ2n) is 8.97. The Bertz CT molecular complexity index is 1080. The lowest BCUT2D eigenvalue weighted by Crippen LogP contribution is -2.55. The van der Waals surface area contributed by atoms with E-state index in [1.54, 1.807) is 6.20 Å². The van der Waals surface area contributed by atoms with E-state index in [1.807, 2.05) is 12.1 Å². The summed E-state index contributed by atoms with van der Waals surface area (Å²) in [5.74, 6) is 0.413. The van der Waals surface area contributed by atoms with Crippen molar-refractivity contribution in [1.82, 2.24) is 14.9 Å². The van der Waals surface area contributed by atoms with Crippen LogP contribution >= 0.6 is 23.2 Å². The number of allylic oxidation sites excluding steroid dienone is 1. The SMILES string of the molecule is CC1CN(C2CCOC2)CCN1c1cc2nc(N/C(=C/N)C(Cl)=NC3CC3)ncc2cc1Cl. The number of anilines is 2. The monoisotopic (exact) mass is 489 g/mol. The van der Waals surface area contributed by atoms with Crippen LogP contribution in [0.5, 0.6) is 0 Å². The van der Waals surface area contributed by atoms with Crippen molar-refractivity contribution in [1.29, 1.82) is 0 Å². The average molecular weight is 490 g/mol. The van der Waals surface area contributed by atoms with Crippen molar-refractivity contribution in [2.45, 2.75) is 44.3 Å². The number of ether oxygens (including phenoxy) is 1. The molecule has 0 bridgehead atoms. The fraction of sp³-hybridized carbons (Fsp3) is 0.522. The molecule has 33 heavy (non-hydrogen) atoms. The molecule has 2 unspecified atom stereocenters. The van der Waals surface area contributed by atoms with Gasteiger partial charge < -0.3 is 20.7 Å². The Morgan fingerprint density at radius 2 is 2.15 bits per heavy atom. The van der Waals surface area contributed by atoms with E-state index in [4.69, 9.17) is 38.7 Å². The van der Waals surface area contributed by atoms with Crippen molar-refractivity contribution in [3.63, 3.8) is 0 Å². The fourth-order valence-electron chi connectivity index (χ4n) is 4.52. The summed E-state index contributed by atoms with van der Waals surface area (Å²) in [7, 11) is 0. The number of aliphatic imine (C=N–C) groups is 1. The third kappa shape index (κ3) is 5.04. The first-order chi connectivity index (χ1) is 16.0. The van der Waals surface area contributed by atoms with Gasteiger partial charge in [-0.15, -0.1) is 0 Å². The summed E-state index contributed by atoms with van der Waals surface area (Å²) in [5, 5.41) is 5.03. The minimum absolute atomic E-state index is 0.292. The highest BCUT2D eigenvalue weighted by molar-refractivity contribution is 6.69. The van der Waals surface area contributed by atoms with E-state index in [1.165, 1.54) is 6.20 Å². The van der Waals surface area contributed by atoms with Gasteiger partial charge in [-0.2, -0.15) is 0 Å². The van der Waals surface area contributed by atoms with Crippen LogP contribution in [0.1, 0.15) is 26.2 Å². The van der Waals surface area contributed by atoms with Crippen molar-refractivity contribution in [2.24, 2.45) is 10.7 Å². The highest BCUT2D eigenvalue weighted by Crippen LogP contribution is 2.33.